The van der Waals surface area contributed by atoms with E-state index in [0.717, 1.165) is 46.1 Å². The number of aromatic nitrogens is 3. The van der Waals surface area contributed by atoms with Gasteiger partial charge in [-0.05, 0) is 30.7 Å². The van der Waals surface area contributed by atoms with Gasteiger partial charge in [-0.15, -0.1) is 23.1 Å². The zero-order valence-electron chi connectivity index (χ0n) is 16.6. The number of nitrogens with zero attached hydrogens (tertiary/aromatic N) is 5. The molecule has 0 radical (unpaired) electrons. The third kappa shape index (κ3) is 3.73. The fourth-order valence-electron chi connectivity index (χ4n) is 3.62. The number of hydrogen-bond acceptors (Lipinski definition) is 7. The van der Waals surface area contributed by atoms with E-state index in [1.54, 1.807) is 23.1 Å². The van der Waals surface area contributed by atoms with Crippen molar-refractivity contribution in [1.82, 2.24) is 15.0 Å². The first kappa shape index (κ1) is 19.3. The lowest BCUT2D eigenvalue weighted by Gasteiger charge is -2.22. The van der Waals surface area contributed by atoms with E-state index in [2.05, 4.69) is 16.0 Å². The van der Waals surface area contributed by atoms with Crippen LogP contribution in [0.1, 0.15) is 11.4 Å². The maximum absolute atomic E-state index is 13.1. The highest BCUT2D eigenvalue weighted by molar-refractivity contribution is 7.99. The number of hydrogen-bond donors (Lipinski definition) is 0. The van der Waals surface area contributed by atoms with Crippen LogP contribution in [0.3, 0.4) is 0 Å². The van der Waals surface area contributed by atoms with Crippen LogP contribution in [0.15, 0.2) is 48.5 Å². The molecule has 0 aliphatic carbocycles. The fraction of sp³-hybridized carbons (Fsp3) is 0.273. The van der Waals surface area contributed by atoms with Crippen molar-refractivity contribution >= 4 is 61.9 Å². The lowest BCUT2D eigenvalue weighted by molar-refractivity contribution is -0.116. The predicted molar refractivity (Wildman–Crippen MR) is 126 cm³/mol. The molecule has 0 spiro atoms. The molecule has 1 aliphatic rings. The minimum Gasteiger partial charge on any atom is -0.357 e. The molecule has 2 aromatic carbocycles. The topological polar surface area (TPSA) is 62.2 Å². The zero-order chi connectivity index (χ0) is 20.5. The number of rotatable bonds is 4. The Morgan fingerprint density at radius 1 is 0.967 bits per heavy atom. The standard InChI is InChI=1S/C22H21N5OS2/c1-26-11-6-12-27(22-21(26)24-15-7-2-3-8-16(15)25-22)20(28)14-29-13-19-23-17-9-4-5-10-18(17)30-19/h2-5,7-10H,6,11-14H2,1H3. The summed E-state index contributed by atoms with van der Waals surface area (Å²) in [6, 6.07) is 15.9. The summed E-state index contributed by atoms with van der Waals surface area (Å²) in [4.78, 5) is 31.3. The Kier molecular flexibility index (Phi) is 5.26. The van der Waals surface area contributed by atoms with Gasteiger partial charge in [0, 0.05) is 25.9 Å². The minimum absolute atomic E-state index is 0.0715. The van der Waals surface area contributed by atoms with Crippen molar-refractivity contribution in [1.29, 1.82) is 0 Å². The summed E-state index contributed by atoms with van der Waals surface area (Å²) < 4.78 is 1.19. The van der Waals surface area contributed by atoms with E-state index in [-0.39, 0.29) is 5.91 Å². The molecule has 3 heterocycles. The average molecular weight is 436 g/mol. The third-order valence-corrected chi connectivity index (χ3v) is 7.26. The molecule has 2 aromatic heterocycles. The van der Waals surface area contributed by atoms with E-state index >= 15 is 0 Å². The maximum atomic E-state index is 13.1. The van der Waals surface area contributed by atoms with Gasteiger partial charge in [-0.25, -0.2) is 15.0 Å². The highest BCUT2D eigenvalue weighted by atomic mass is 32.2. The van der Waals surface area contributed by atoms with Crippen molar-refractivity contribution < 1.29 is 4.79 Å². The Morgan fingerprint density at radius 2 is 1.67 bits per heavy atom. The molecule has 4 aromatic rings. The van der Waals surface area contributed by atoms with Crippen LogP contribution >= 0.6 is 23.1 Å². The van der Waals surface area contributed by atoms with Gasteiger partial charge in [0.1, 0.15) is 5.01 Å². The Bertz CT molecular complexity index is 1190. The first-order valence-corrected chi connectivity index (χ1v) is 11.9. The predicted octanol–water partition coefficient (Wildman–Crippen LogP) is 4.35. The number of amides is 1. The number of thioether (sulfide) groups is 1. The first-order valence-electron chi connectivity index (χ1n) is 9.89. The van der Waals surface area contributed by atoms with Crippen LogP contribution in [0.4, 0.5) is 11.6 Å². The van der Waals surface area contributed by atoms with Crippen molar-refractivity contribution in [3.8, 4) is 0 Å². The molecule has 30 heavy (non-hydrogen) atoms. The number of carbonyl (C=O) groups is 1. The van der Waals surface area contributed by atoms with E-state index in [1.807, 2.05) is 54.4 Å². The molecule has 0 unspecified atom stereocenters. The normalized spacial score (nSPS) is 14.2. The number of para-hydroxylation sites is 3. The van der Waals surface area contributed by atoms with E-state index < -0.39 is 0 Å². The smallest absolute Gasteiger partial charge is 0.238 e. The summed E-state index contributed by atoms with van der Waals surface area (Å²) in [5.74, 6) is 2.64. The molecular weight excluding hydrogens is 414 g/mol. The lowest BCUT2D eigenvalue weighted by atomic mass is 10.3. The molecule has 0 bridgehead atoms. The molecule has 152 valence electrons. The van der Waals surface area contributed by atoms with E-state index in [9.17, 15) is 4.79 Å². The first-order chi connectivity index (χ1) is 14.7. The summed E-state index contributed by atoms with van der Waals surface area (Å²) in [6.07, 6.45) is 0.888. The van der Waals surface area contributed by atoms with Gasteiger partial charge in [-0.3, -0.25) is 9.69 Å². The second kappa shape index (κ2) is 8.20. The van der Waals surface area contributed by atoms with Crippen LogP contribution in [0.5, 0.6) is 0 Å². The van der Waals surface area contributed by atoms with E-state index in [0.29, 0.717) is 18.1 Å². The van der Waals surface area contributed by atoms with Gasteiger partial charge < -0.3 is 4.90 Å². The number of benzene rings is 2. The highest BCUT2D eigenvalue weighted by Gasteiger charge is 2.26. The Morgan fingerprint density at radius 3 is 2.43 bits per heavy atom. The molecule has 0 saturated heterocycles. The van der Waals surface area contributed by atoms with Crippen LogP contribution < -0.4 is 9.80 Å². The average Bonchev–Trinajstić information content (AvgIpc) is 3.11. The number of fused-ring (bicyclic) bond motifs is 3. The minimum atomic E-state index is 0.0715. The van der Waals surface area contributed by atoms with E-state index in [1.165, 1.54) is 4.70 Å². The lowest BCUT2D eigenvalue weighted by Crippen LogP contribution is -2.34. The highest BCUT2D eigenvalue weighted by Crippen LogP contribution is 2.31. The van der Waals surface area contributed by atoms with Crippen molar-refractivity contribution in [2.45, 2.75) is 12.2 Å². The van der Waals surface area contributed by atoms with Gasteiger partial charge in [0.25, 0.3) is 0 Å². The molecule has 0 fully saturated rings. The number of carbonyl (C=O) groups excluding carboxylic acids is 1. The number of anilines is 2. The Balaban J connectivity index is 1.34. The largest absolute Gasteiger partial charge is 0.357 e. The molecule has 5 rings (SSSR count). The van der Waals surface area contributed by atoms with Crippen molar-refractivity contribution in [3.05, 3.63) is 53.5 Å². The van der Waals surface area contributed by atoms with Crippen molar-refractivity contribution in [2.75, 3.05) is 35.7 Å². The molecule has 0 N–H and O–H groups in total. The summed E-state index contributed by atoms with van der Waals surface area (Å²) in [7, 11) is 2.01. The molecule has 8 heteroatoms. The second-order valence-electron chi connectivity index (χ2n) is 7.25. The SMILES string of the molecule is CN1CCCN(C(=O)CSCc2nc3ccccc3s2)c2nc3ccccc3nc21. The maximum Gasteiger partial charge on any atom is 0.238 e. The van der Waals surface area contributed by atoms with E-state index in [4.69, 9.17) is 9.97 Å². The zero-order valence-corrected chi connectivity index (χ0v) is 18.2. The fourth-order valence-corrected chi connectivity index (χ4v) is 5.54. The third-order valence-electron chi connectivity index (χ3n) is 5.12. The molecule has 0 saturated carbocycles. The van der Waals surface area contributed by atoms with Gasteiger partial charge in [-0.2, -0.15) is 0 Å². The monoisotopic (exact) mass is 435 g/mol. The molecule has 0 atom stereocenters. The summed E-state index contributed by atoms with van der Waals surface area (Å²) in [5, 5.41) is 1.05. The van der Waals surface area contributed by atoms with Gasteiger partial charge in [0.05, 0.1) is 27.0 Å². The van der Waals surface area contributed by atoms with Crippen molar-refractivity contribution in [2.24, 2.45) is 0 Å². The molecule has 1 aliphatic heterocycles. The van der Waals surface area contributed by atoms with Gasteiger partial charge >= 0.3 is 0 Å². The van der Waals surface area contributed by atoms with Crippen LogP contribution in [-0.2, 0) is 10.5 Å². The summed E-state index contributed by atoms with van der Waals surface area (Å²) in [6.45, 7) is 1.51. The van der Waals surface area contributed by atoms with Crippen molar-refractivity contribution in [3.63, 3.8) is 0 Å². The second-order valence-corrected chi connectivity index (χ2v) is 9.35. The van der Waals surface area contributed by atoms with Gasteiger partial charge in [0.15, 0.2) is 11.6 Å². The Labute approximate surface area is 183 Å². The Hall–Kier alpha value is -2.71. The quantitative estimate of drug-likeness (QED) is 0.475. The molecule has 6 nitrogen and oxygen atoms in total. The van der Waals surface area contributed by atoms with Gasteiger partial charge in [-0.1, -0.05) is 24.3 Å². The number of thiazole rings is 1. The molecular formula is C22H21N5OS2. The summed E-state index contributed by atoms with van der Waals surface area (Å²) in [5.41, 5.74) is 2.69. The van der Waals surface area contributed by atoms with Crippen LogP contribution in [0.25, 0.3) is 21.3 Å². The summed E-state index contributed by atoms with van der Waals surface area (Å²) >= 11 is 3.30. The van der Waals surface area contributed by atoms with Crippen LogP contribution in [0, 0.1) is 0 Å². The van der Waals surface area contributed by atoms with Crippen LogP contribution in [0.2, 0.25) is 0 Å². The molecule has 1 amide bonds. The van der Waals surface area contributed by atoms with Crippen LogP contribution in [-0.4, -0.2) is 46.7 Å². The van der Waals surface area contributed by atoms with Gasteiger partial charge in [0.2, 0.25) is 5.91 Å².